The molecule has 1 amide bonds. The fourth-order valence-corrected chi connectivity index (χ4v) is 7.50. The van der Waals surface area contributed by atoms with Gasteiger partial charge in [-0.25, -0.2) is 23.1 Å². The largest absolute Gasteiger partial charge is 0.335 e. The zero-order chi connectivity index (χ0) is 22.8. The van der Waals surface area contributed by atoms with Crippen molar-refractivity contribution >= 4 is 38.5 Å². The number of hydrogen-bond donors (Lipinski definition) is 0. The molecule has 3 aromatic rings. The van der Waals surface area contributed by atoms with E-state index in [4.69, 9.17) is 0 Å². The highest BCUT2D eigenvalue weighted by Crippen LogP contribution is 2.31. The fraction of sp³-hybridized carbons (Fsp3) is 0.478. The monoisotopic (exact) mass is 485 g/mol. The van der Waals surface area contributed by atoms with Crippen LogP contribution in [-0.4, -0.2) is 68.3 Å². The molecule has 1 saturated carbocycles. The number of thioether (sulfide) groups is 1. The van der Waals surface area contributed by atoms with Crippen LogP contribution in [0.4, 0.5) is 0 Å². The van der Waals surface area contributed by atoms with Gasteiger partial charge in [0.15, 0.2) is 15.5 Å². The van der Waals surface area contributed by atoms with Crippen LogP contribution in [0.2, 0.25) is 0 Å². The summed E-state index contributed by atoms with van der Waals surface area (Å²) in [4.78, 5) is 24.1. The molecule has 1 aromatic carbocycles. The van der Waals surface area contributed by atoms with E-state index in [1.165, 1.54) is 24.5 Å². The highest BCUT2D eigenvalue weighted by molar-refractivity contribution is 8.00. The first kappa shape index (κ1) is 22.3. The SMILES string of the molecule is O=C(CSc1ncnc2c1cnn2-c1ccccc1)N(C1CCCCC1)C1CCS(=O)(=O)C1. The minimum atomic E-state index is -3.06. The third kappa shape index (κ3) is 4.77. The van der Waals surface area contributed by atoms with Gasteiger partial charge in [-0.15, -0.1) is 0 Å². The predicted octanol–water partition coefficient (Wildman–Crippen LogP) is 3.26. The van der Waals surface area contributed by atoms with E-state index in [0.29, 0.717) is 17.1 Å². The molecular weight excluding hydrogens is 458 g/mol. The predicted molar refractivity (Wildman–Crippen MR) is 128 cm³/mol. The summed E-state index contributed by atoms with van der Waals surface area (Å²) in [5, 5.41) is 5.98. The number of nitrogens with zero attached hydrogens (tertiary/aromatic N) is 5. The first-order chi connectivity index (χ1) is 16.0. The van der Waals surface area contributed by atoms with Crippen molar-refractivity contribution < 1.29 is 13.2 Å². The Bertz CT molecular complexity index is 1240. The molecule has 33 heavy (non-hydrogen) atoms. The number of hydrogen-bond acceptors (Lipinski definition) is 7. The molecule has 1 aliphatic carbocycles. The number of sulfone groups is 1. The van der Waals surface area contributed by atoms with E-state index in [0.717, 1.165) is 36.8 Å². The van der Waals surface area contributed by atoms with Crippen molar-refractivity contribution in [1.29, 1.82) is 0 Å². The molecule has 5 rings (SSSR count). The minimum Gasteiger partial charge on any atom is -0.335 e. The molecule has 1 atom stereocenters. The number of benzene rings is 1. The third-order valence-corrected chi connectivity index (χ3v) is 9.26. The lowest BCUT2D eigenvalue weighted by Gasteiger charge is -2.38. The van der Waals surface area contributed by atoms with Gasteiger partial charge >= 0.3 is 0 Å². The average Bonchev–Trinajstić information content (AvgIpc) is 3.42. The number of rotatable bonds is 6. The molecule has 1 aliphatic heterocycles. The van der Waals surface area contributed by atoms with Crippen molar-refractivity contribution in [2.45, 2.75) is 55.6 Å². The molecule has 10 heteroatoms. The van der Waals surface area contributed by atoms with Crippen LogP contribution in [0.25, 0.3) is 16.7 Å². The Kier molecular flexibility index (Phi) is 6.38. The lowest BCUT2D eigenvalue weighted by atomic mass is 9.93. The second-order valence-corrected chi connectivity index (χ2v) is 11.9. The van der Waals surface area contributed by atoms with Gasteiger partial charge in [-0.3, -0.25) is 4.79 Å². The Balaban J connectivity index is 1.36. The number of carbonyl (C=O) groups excluding carboxylic acids is 1. The second-order valence-electron chi connectivity index (χ2n) is 8.75. The van der Waals surface area contributed by atoms with Gasteiger partial charge in [0.2, 0.25) is 5.91 Å². The fourth-order valence-electron chi connectivity index (χ4n) is 4.96. The van der Waals surface area contributed by atoms with E-state index in [9.17, 15) is 13.2 Å². The van der Waals surface area contributed by atoms with Crippen molar-refractivity contribution in [3.8, 4) is 5.69 Å². The lowest BCUT2D eigenvalue weighted by molar-refractivity contribution is -0.133. The summed E-state index contributed by atoms with van der Waals surface area (Å²) in [6.45, 7) is 0. The molecule has 2 aliphatic rings. The highest BCUT2D eigenvalue weighted by atomic mass is 32.2. The van der Waals surface area contributed by atoms with Crippen molar-refractivity contribution in [2.75, 3.05) is 17.3 Å². The molecule has 2 fully saturated rings. The van der Waals surface area contributed by atoms with Crippen LogP contribution in [-0.2, 0) is 14.6 Å². The number of aromatic nitrogens is 4. The van der Waals surface area contributed by atoms with Crippen LogP contribution < -0.4 is 0 Å². The molecule has 1 unspecified atom stereocenters. The van der Waals surface area contributed by atoms with Gasteiger partial charge in [-0.05, 0) is 31.4 Å². The van der Waals surface area contributed by atoms with E-state index in [-0.39, 0.29) is 35.2 Å². The van der Waals surface area contributed by atoms with Crippen LogP contribution in [0.5, 0.6) is 0 Å². The summed E-state index contributed by atoms with van der Waals surface area (Å²) in [6, 6.07) is 9.69. The van der Waals surface area contributed by atoms with Gasteiger partial charge < -0.3 is 4.90 Å². The van der Waals surface area contributed by atoms with E-state index < -0.39 is 9.84 Å². The van der Waals surface area contributed by atoms with E-state index in [2.05, 4.69) is 15.1 Å². The summed E-state index contributed by atoms with van der Waals surface area (Å²) in [5.74, 6) is 0.472. The molecule has 0 spiro atoms. The second kappa shape index (κ2) is 9.42. The van der Waals surface area contributed by atoms with Gasteiger partial charge in [0.05, 0.1) is 34.5 Å². The van der Waals surface area contributed by atoms with Crippen molar-refractivity contribution in [2.24, 2.45) is 0 Å². The number of fused-ring (bicyclic) bond motifs is 1. The van der Waals surface area contributed by atoms with Gasteiger partial charge in [0.25, 0.3) is 0 Å². The van der Waals surface area contributed by atoms with Crippen LogP contribution in [0.15, 0.2) is 47.9 Å². The molecule has 174 valence electrons. The van der Waals surface area contributed by atoms with Crippen LogP contribution in [0, 0.1) is 0 Å². The van der Waals surface area contributed by atoms with Crippen LogP contribution in [0.3, 0.4) is 0 Å². The Morgan fingerprint density at radius 1 is 1.06 bits per heavy atom. The smallest absolute Gasteiger partial charge is 0.233 e. The maximum absolute atomic E-state index is 13.4. The number of carbonyl (C=O) groups is 1. The van der Waals surface area contributed by atoms with Crippen molar-refractivity contribution in [3.05, 3.63) is 42.9 Å². The quantitative estimate of drug-likeness (QED) is 0.390. The van der Waals surface area contributed by atoms with E-state index >= 15 is 0 Å². The van der Waals surface area contributed by atoms with Crippen molar-refractivity contribution in [3.63, 3.8) is 0 Å². The Morgan fingerprint density at radius 2 is 1.85 bits per heavy atom. The maximum atomic E-state index is 13.4. The summed E-state index contributed by atoms with van der Waals surface area (Å²) >= 11 is 1.37. The zero-order valence-corrected chi connectivity index (χ0v) is 20.0. The van der Waals surface area contributed by atoms with Gasteiger partial charge in [0, 0.05) is 12.1 Å². The van der Waals surface area contributed by atoms with E-state index in [1.54, 1.807) is 10.9 Å². The minimum absolute atomic E-state index is 0.00351. The Hall–Kier alpha value is -2.46. The molecule has 1 saturated heterocycles. The summed E-state index contributed by atoms with van der Waals surface area (Å²) in [6.07, 6.45) is 9.04. The molecule has 0 bridgehead atoms. The Morgan fingerprint density at radius 3 is 2.58 bits per heavy atom. The van der Waals surface area contributed by atoms with E-state index in [1.807, 2.05) is 35.2 Å². The standard InChI is InChI=1S/C23H27N5O3S2/c29-21(27(17-7-3-1-4-8-17)19-11-12-33(30,31)15-19)14-32-23-20-13-26-28(22(20)24-16-25-23)18-9-5-2-6-10-18/h2,5-6,9-10,13,16-17,19H,1,3-4,7-8,11-12,14-15H2. The maximum Gasteiger partial charge on any atom is 0.233 e. The van der Waals surface area contributed by atoms with Crippen LogP contribution in [0.1, 0.15) is 38.5 Å². The zero-order valence-electron chi connectivity index (χ0n) is 18.3. The summed E-state index contributed by atoms with van der Waals surface area (Å²) in [7, 11) is -3.06. The molecule has 0 radical (unpaired) electrons. The Labute approximate surface area is 197 Å². The van der Waals surface area contributed by atoms with Gasteiger partial charge in [-0.2, -0.15) is 5.10 Å². The van der Waals surface area contributed by atoms with Gasteiger partial charge in [-0.1, -0.05) is 49.2 Å². The van der Waals surface area contributed by atoms with Gasteiger partial charge in [0.1, 0.15) is 11.4 Å². The van der Waals surface area contributed by atoms with Crippen molar-refractivity contribution in [1.82, 2.24) is 24.6 Å². The first-order valence-corrected chi connectivity index (χ1v) is 14.2. The number of para-hydroxylation sites is 1. The molecule has 8 nitrogen and oxygen atoms in total. The topological polar surface area (TPSA) is 98.1 Å². The summed E-state index contributed by atoms with van der Waals surface area (Å²) in [5.41, 5.74) is 1.60. The third-order valence-electron chi connectivity index (χ3n) is 6.52. The average molecular weight is 486 g/mol. The number of amides is 1. The highest BCUT2D eigenvalue weighted by Gasteiger charge is 2.38. The molecule has 3 heterocycles. The molecule has 0 N–H and O–H groups in total. The normalized spacial score (nSPS) is 20.8. The lowest BCUT2D eigenvalue weighted by Crippen LogP contribution is -2.49. The molecule has 2 aromatic heterocycles. The first-order valence-electron chi connectivity index (χ1n) is 11.4. The summed E-state index contributed by atoms with van der Waals surface area (Å²) < 4.78 is 26.0. The van der Waals surface area contributed by atoms with Crippen LogP contribution >= 0.6 is 11.8 Å². The molecular formula is C23H27N5O3S2.